The zero-order chi connectivity index (χ0) is 12.1. The van der Waals surface area contributed by atoms with Crippen molar-refractivity contribution in [1.29, 1.82) is 0 Å². The second-order valence-corrected chi connectivity index (χ2v) is 4.73. The molecule has 17 heavy (non-hydrogen) atoms. The summed E-state index contributed by atoms with van der Waals surface area (Å²) in [5.41, 5.74) is 2.35. The van der Waals surface area contributed by atoms with Gasteiger partial charge in [-0.25, -0.2) is 0 Å². The van der Waals surface area contributed by atoms with Crippen LogP contribution in [0.15, 0.2) is 18.2 Å². The molecule has 0 aromatic heterocycles. The number of piperidine rings is 1. The van der Waals surface area contributed by atoms with Crippen molar-refractivity contribution in [3.05, 3.63) is 23.8 Å². The number of hydrogen-bond donors (Lipinski definition) is 2. The van der Waals surface area contributed by atoms with E-state index < -0.39 is 0 Å². The average molecular weight is 234 g/mol. The lowest BCUT2D eigenvalue weighted by Crippen LogP contribution is -2.39. The summed E-state index contributed by atoms with van der Waals surface area (Å²) in [7, 11) is 1.72. The number of benzene rings is 1. The van der Waals surface area contributed by atoms with Gasteiger partial charge in [-0.15, -0.1) is 0 Å². The Labute approximate surface area is 104 Å². The van der Waals surface area contributed by atoms with E-state index in [1.807, 2.05) is 6.07 Å². The molecule has 0 radical (unpaired) electrons. The van der Waals surface area contributed by atoms with Crippen LogP contribution in [0.4, 0.5) is 5.69 Å². The third kappa shape index (κ3) is 3.37. The fraction of sp³-hybridized carbons (Fsp3) is 0.571. The minimum Gasteiger partial charge on any atom is -0.495 e. The molecule has 2 N–H and O–H groups in total. The van der Waals surface area contributed by atoms with Crippen molar-refractivity contribution in [3.8, 4) is 5.75 Å². The van der Waals surface area contributed by atoms with E-state index in [0.717, 1.165) is 24.5 Å². The van der Waals surface area contributed by atoms with E-state index in [1.54, 1.807) is 7.11 Å². The number of nitrogens with one attached hydrogen (secondary N) is 2. The normalized spacial score (nSPS) is 20.0. The molecule has 0 spiro atoms. The summed E-state index contributed by atoms with van der Waals surface area (Å²) in [6.07, 6.45) is 3.91. The van der Waals surface area contributed by atoms with Crippen LogP contribution in [0.2, 0.25) is 0 Å². The van der Waals surface area contributed by atoms with Gasteiger partial charge in [-0.3, -0.25) is 0 Å². The van der Waals surface area contributed by atoms with Crippen molar-refractivity contribution in [3.63, 3.8) is 0 Å². The van der Waals surface area contributed by atoms with Crippen molar-refractivity contribution in [2.75, 3.05) is 25.5 Å². The van der Waals surface area contributed by atoms with Crippen molar-refractivity contribution in [2.45, 2.75) is 32.2 Å². The maximum absolute atomic E-state index is 5.36. The van der Waals surface area contributed by atoms with Gasteiger partial charge in [-0.2, -0.15) is 0 Å². The molecule has 3 heteroatoms. The molecule has 1 unspecified atom stereocenters. The summed E-state index contributed by atoms with van der Waals surface area (Å²) in [6.45, 7) is 4.22. The van der Waals surface area contributed by atoms with Gasteiger partial charge < -0.3 is 15.4 Å². The Bertz CT molecular complexity index is 359. The summed E-state index contributed by atoms with van der Waals surface area (Å²) < 4.78 is 5.36. The molecule has 3 nitrogen and oxygen atoms in total. The first-order valence-electron chi connectivity index (χ1n) is 6.41. The number of methoxy groups -OCH3 is 1. The predicted molar refractivity (Wildman–Crippen MR) is 71.9 cm³/mol. The van der Waals surface area contributed by atoms with Gasteiger partial charge in [0.2, 0.25) is 0 Å². The zero-order valence-corrected chi connectivity index (χ0v) is 10.8. The first-order chi connectivity index (χ1) is 8.29. The first kappa shape index (κ1) is 12.2. The van der Waals surface area contributed by atoms with Crippen molar-refractivity contribution in [1.82, 2.24) is 5.32 Å². The first-order valence-corrected chi connectivity index (χ1v) is 6.41. The third-order valence-corrected chi connectivity index (χ3v) is 3.31. The lowest BCUT2D eigenvalue weighted by atomic mass is 10.0. The van der Waals surface area contributed by atoms with Crippen LogP contribution in [0.1, 0.15) is 24.8 Å². The molecule has 0 aliphatic carbocycles. The van der Waals surface area contributed by atoms with E-state index in [1.165, 1.54) is 24.8 Å². The summed E-state index contributed by atoms with van der Waals surface area (Å²) >= 11 is 0. The molecule has 1 aromatic carbocycles. The standard InChI is InChI=1S/C14H22N2O/c1-11-6-7-14(17-2)13(9-11)16-10-12-5-3-4-8-15-12/h6-7,9,12,15-16H,3-5,8,10H2,1-2H3. The molecule has 1 fully saturated rings. The van der Waals surface area contributed by atoms with Crippen molar-refractivity contribution >= 4 is 5.69 Å². The Hall–Kier alpha value is -1.22. The maximum Gasteiger partial charge on any atom is 0.141 e. The minimum absolute atomic E-state index is 0.592. The molecule has 0 saturated carbocycles. The number of rotatable bonds is 4. The van der Waals surface area contributed by atoms with E-state index in [-0.39, 0.29) is 0 Å². The minimum atomic E-state index is 0.592. The van der Waals surface area contributed by atoms with Gasteiger partial charge in [0.15, 0.2) is 0 Å². The predicted octanol–water partition coefficient (Wildman–Crippen LogP) is 2.56. The second kappa shape index (κ2) is 5.92. The fourth-order valence-corrected chi connectivity index (χ4v) is 2.29. The highest BCUT2D eigenvalue weighted by molar-refractivity contribution is 5.58. The van der Waals surface area contributed by atoms with Crippen LogP contribution in [0, 0.1) is 6.92 Å². The summed E-state index contributed by atoms with van der Waals surface area (Å²) in [6, 6.07) is 6.82. The van der Waals surface area contributed by atoms with Crippen LogP contribution in [0.5, 0.6) is 5.75 Å². The molecule has 1 aliphatic heterocycles. The monoisotopic (exact) mass is 234 g/mol. The zero-order valence-electron chi connectivity index (χ0n) is 10.8. The molecule has 94 valence electrons. The molecule has 1 aliphatic rings. The number of aryl methyl sites for hydroxylation is 1. The van der Waals surface area contributed by atoms with E-state index in [9.17, 15) is 0 Å². The molecule has 1 aromatic rings. The number of hydrogen-bond acceptors (Lipinski definition) is 3. The lowest BCUT2D eigenvalue weighted by Gasteiger charge is -2.24. The van der Waals surface area contributed by atoms with Crippen LogP contribution < -0.4 is 15.4 Å². The Morgan fingerprint density at radius 1 is 1.41 bits per heavy atom. The van der Waals surface area contributed by atoms with Crippen LogP contribution in [0.25, 0.3) is 0 Å². The largest absolute Gasteiger partial charge is 0.495 e. The van der Waals surface area contributed by atoms with E-state index in [2.05, 4.69) is 29.7 Å². The fourth-order valence-electron chi connectivity index (χ4n) is 2.29. The summed E-state index contributed by atoms with van der Waals surface area (Å²) in [5, 5.41) is 7.03. The molecule has 0 amide bonds. The van der Waals surface area contributed by atoms with Gasteiger partial charge in [0, 0.05) is 12.6 Å². The number of anilines is 1. The van der Waals surface area contributed by atoms with E-state index >= 15 is 0 Å². The van der Waals surface area contributed by atoms with Gasteiger partial charge >= 0.3 is 0 Å². The van der Waals surface area contributed by atoms with Crippen LogP contribution in [0.3, 0.4) is 0 Å². The smallest absolute Gasteiger partial charge is 0.141 e. The highest BCUT2D eigenvalue weighted by atomic mass is 16.5. The van der Waals surface area contributed by atoms with Gasteiger partial charge in [0.05, 0.1) is 12.8 Å². The van der Waals surface area contributed by atoms with Crippen LogP contribution in [-0.4, -0.2) is 26.2 Å². The Morgan fingerprint density at radius 3 is 3.00 bits per heavy atom. The molecule has 1 atom stereocenters. The van der Waals surface area contributed by atoms with Crippen LogP contribution >= 0.6 is 0 Å². The highest BCUT2D eigenvalue weighted by Gasteiger charge is 2.12. The SMILES string of the molecule is COc1ccc(C)cc1NCC1CCCCN1. The highest BCUT2D eigenvalue weighted by Crippen LogP contribution is 2.25. The molecular weight excluding hydrogens is 212 g/mol. The summed E-state index contributed by atoms with van der Waals surface area (Å²) in [4.78, 5) is 0. The lowest BCUT2D eigenvalue weighted by molar-refractivity contribution is 0.407. The van der Waals surface area contributed by atoms with Gasteiger partial charge in [-0.05, 0) is 44.0 Å². The van der Waals surface area contributed by atoms with Gasteiger partial charge in [0.25, 0.3) is 0 Å². The van der Waals surface area contributed by atoms with Gasteiger partial charge in [0.1, 0.15) is 5.75 Å². The third-order valence-electron chi connectivity index (χ3n) is 3.31. The Morgan fingerprint density at radius 2 is 2.29 bits per heavy atom. The van der Waals surface area contributed by atoms with Crippen molar-refractivity contribution in [2.24, 2.45) is 0 Å². The average Bonchev–Trinajstić information content (AvgIpc) is 2.38. The van der Waals surface area contributed by atoms with Crippen molar-refractivity contribution < 1.29 is 4.74 Å². The van der Waals surface area contributed by atoms with Crippen LogP contribution in [-0.2, 0) is 0 Å². The summed E-state index contributed by atoms with van der Waals surface area (Å²) in [5.74, 6) is 0.923. The molecule has 1 heterocycles. The van der Waals surface area contributed by atoms with E-state index in [0.29, 0.717) is 6.04 Å². The molecule has 0 bridgehead atoms. The molecule has 1 saturated heterocycles. The molecule has 2 rings (SSSR count). The second-order valence-electron chi connectivity index (χ2n) is 4.73. The number of ether oxygens (including phenoxy) is 1. The van der Waals surface area contributed by atoms with Gasteiger partial charge in [-0.1, -0.05) is 12.5 Å². The Balaban J connectivity index is 1.95. The Kier molecular flexibility index (Phi) is 4.26. The quantitative estimate of drug-likeness (QED) is 0.840. The maximum atomic E-state index is 5.36. The molecular formula is C14H22N2O. The topological polar surface area (TPSA) is 33.3 Å². The van der Waals surface area contributed by atoms with E-state index in [4.69, 9.17) is 4.74 Å².